The van der Waals surface area contributed by atoms with Gasteiger partial charge < -0.3 is 4.90 Å². The number of nitro groups is 1. The number of hydrogen-bond acceptors (Lipinski definition) is 4. The Morgan fingerprint density at radius 3 is 2.65 bits per heavy atom. The minimum atomic E-state index is -0.495. The molecule has 1 amide bonds. The van der Waals surface area contributed by atoms with E-state index in [0.717, 1.165) is 25.9 Å². The largest absolute Gasteiger partial charge is 0.349 e. The Morgan fingerprint density at radius 1 is 1.40 bits per heavy atom. The Hall–Kier alpha value is -2.02. The van der Waals surface area contributed by atoms with Gasteiger partial charge in [0.25, 0.3) is 11.6 Å². The zero-order valence-corrected chi connectivity index (χ0v) is 11.9. The van der Waals surface area contributed by atoms with Crippen LogP contribution in [0.25, 0.3) is 0 Å². The quantitative estimate of drug-likeness (QED) is 0.513. The molecule has 1 fully saturated rings. The van der Waals surface area contributed by atoms with Crippen molar-refractivity contribution in [2.75, 3.05) is 13.1 Å². The molecule has 20 heavy (non-hydrogen) atoms. The fourth-order valence-corrected chi connectivity index (χ4v) is 2.51. The van der Waals surface area contributed by atoms with E-state index in [4.69, 9.17) is 12.2 Å². The molecule has 1 aliphatic heterocycles. The minimum absolute atomic E-state index is 0.0651. The number of benzene rings is 1. The number of carbonyl (C=O) groups excluding carboxylic acids is 1. The Bertz CT molecular complexity index is 568. The molecule has 0 spiro atoms. The van der Waals surface area contributed by atoms with Crippen LogP contribution in [0.4, 0.5) is 5.69 Å². The van der Waals surface area contributed by atoms with Crippen molar-refractivity contribution in [3.63, 3.8) is 0 Å². The van der Waals surface area contributed by atoms with Gasteiger partial charge in [0.15, 0.2) is 5.11 Å². The highest BCUT2D eigenvalue weighted by Crippen LogP contribution is 2.21. The van der Waals surface area contributed by atoms with Crippen molar-refractivity contribution in [1.29, 1.82) is 0 Å². The van der Waals surface area contributed by atoms with Crippen LogP contribution in [0, 0.1) is 17.0 Å². The van der Waals surface area contributed by atoms with Gasteiger partial charge >= 0.3 is 0 Å². The van der Waals surface area contributed by atoms with E-state index < -0.39 is 10.8 Å². The molecular weight excluding hydrogens is 278 g/mol. The molecule has 106 valence electrons. The summed E-state index contributed by atoms with van der Waals surface area (Å²) < 4.78 is 0. The zero-order valence-electron chi connectivity index (χ0n) is 11.1. The van der Waals surface area contributed by atoms with Gasteiger partial charge in [0.05, 0.1) is 4.92 Å². The molecule has 1 aromatic carbocycles. The van der Waals surface area contributed by atoms with Crippen molar-refractivity contribution >= 4 is 28.9 Å². The highest BCUT2D eigenvalue weighted by molar-refractivity contribution is 7.80. The number of likely N-dealkylation sites (tertiary alicyclic amines) is 1. The summed E-state index contributed by atoms with van der Waals surface area (Å²) in [6.07, 6.45) is 2.12. The molecule has 0 bridgehead atoms. The van der Waals surface area contributed by atoms with Gasteiger partial charge in [-0.15, -0.1) is 0 Å². The number of amides is 1. The van der Waals surface area contributed by atoms with Crippen molar-refractivity contribution < 1.29 is 9.72 Å². The van der Waals surface area contributed by atoms with E-state index in [1.807, 2.05) is 4.90 Å². The van der Waals surface area contributed by atoms with E-state index >= 15 is 0 Å². The lowest BCUT2D eigenvalue weighted by molar-refractivity contribution is -0.385. The fraction of sp³-hybridized carbons (Fsp3) is 0.385. The van der Waals surface area contributed by atoms with Crippen molar-refractivity contribution in [1.82, 2.24) is 10.2 Å². The molecule has 0 radical (unpaired) electrons. The third kappa shape index (κ3) is 2.93. The zero-order chi connectivity index (χ0) is 14.7. The number of carbonyl (C=O) groups is 1. The third-order valence-corrected chi connectivity index (χ3v) is 3.72. The molecule has 0 atom stereocenters. The van der Waals surface area contributed by atoms with E-state index in [9.17, 15) is 14.9 Å². The van der Waals surface area contributed by atoms with E-state index in [1.54, 1.807) is 13.0 Å². The molecule has 1 heterocycles. The maximum absolute atomic E-state index is 12.2. The van der Waals surface area contributed by atoms with Crippen molar-refractivity contribution in [2.45, 2.75) is 19.8 Å². The second-order valence-electron chi connectivity index (χ2n) is 4.66. The fourth-order valence-electron chi connectivity index (χ4n) is 2.23. The topological polar surface area (TPSA) is 75.5 Å². The van der Waals surface area contributed by atoms with Gasteiger partial charge in [-0.05, 0) is 38.0 Å². The smallest absolute Gasteiger partial charge is 0.273 e. The molecule has 0 saturated carbocycles. The number of thiocarbonyl (C=S) groups is 1. The summed E-state index contributed by atoms with van der Waals surface area (Å²) in [7, 11) is 0. The Morgan fingerprint density at radius 2 is 2.05 bits per heavy atom. The minimum Gasteiger partial charge on any atom is -0.349 e. The van der Waals surface area contributed by atoms with Gasteiger partial charge in [-0.25, -0.2) is 0 Å². The van der Waals surface area contributed by atoms with Crippen LogP contribution in [-0.2, 0) is 0 Å². The van der Waals surface area contributed by atoms with Gasteiger partial charge in [-0.1, -0.05) is 6.07 Å². The number of nitrogens with zero attached hydrogens (tertiary/aromatic N) is 2. The highest BCUT2D eigenvalue weighted by atomic mass is 32.1. The van der Waals surface area contributed by atoms with Crippen molar-refractivity contribution in [3.05, 3.63) is 39.4 Å². The number of rotatable bonds is 2. The first-order valence-electron chi connectivity index (χ1n) is 6.35. The first kappa shape index (κ1) is 14.4. The van der Waals surface area contributed by atoms with E-state index in [0.29, 0.717) is 10.7 Å². The summed E-state index contributed by atoms with van der Waals surface area (Å²) in [5.41, 5.74) is 0.560. The maximum atomic E-state index is 12.2. The van der Waals surface area contributed by atoms with Gasteiger partial charge in [-0.2, -0.15) is 0 Å². The summed E-state index contributed by atoms with van der Waals surface area (Å²) in [5, 5.41) is 13.9. The molecule has 2 rings (SSSR count). The van der Waals surface area contributed by atoms with E-state index in [-0.39, 0.29) is 11.3 Å². The van der Waals surface area contributed by atoms with Crippen LogP contribution in [0.1, 0.15) is 28.8 Å². The standard InChI is InChI=1S/C13H15N3O3S/c1-9-10(5-4-6-11(9)16(18)19)12(17)14-13(20)15-7-2-3-8-15/h4-6H,2-3,7-8H2,1H3,(H,14,17,20). The molecule has 1 aromatic rings. The third-order valence-electron chi connectivity index (χ3n) is 3.36. The summed E-state index contributed by atoms with van der Waals surface area (Å²) in [4.78, 5) is 24.5. The van der Waals surface area contributed by atoms with E-state index in [2.05, 4.69) is 5.32 Å². The van der Waals surface area contributed by atoms with Crippen LogP contribution in [-0.4, -0.2) is 33.9 Å². The Balaban J connectivity index is 2.15. The Labute approximate surface area is 121 Å². The number of hydrogen-bond donors (Lipinski definition) is 1. The predicted octanol–water partition coefficient (Wildman–Crippen LogP) is 2.01. The molecule has 1 N–H and O–H groups in total. The molecule has 6 nitrogen and oxygen atoms in total. The summed E-state index contributed by atoms with van der Waals surface area (Å²) in [5.74, 6) is -0.400. The lowest BCUT2D eigenvalue weighted by Crippen LogP contribution is -2.41. The molecular formula is C13H15N3O3S. The SMILES string of the molecule is Cc1c(C(=O)NC(=S)N2CCCC2)cccc1[N+](=O)[O-]. The molecule has 7 heteroatoms. The van der Waals surface area contributed by atoms with Gasteiger partial charge in [0, 0.05) is 30.3 Å². The van der Waals surface area contributed by atoms with Crippen LogP contribution in [0.15, 0.2) is 18.2 Å². The summed E-state index contributed by atoms with van der Waals surface area (Å²) >= 11 is 5.18. The average Bonchev–Trinajstić information content (AvgIpc) is 2.92. The van der Waals surface area contributed by atoms with Crippen LogP contribution >= 0.6 is 12.2 Å². The molecule has 1 saturated heterocycles. The predicted molar refractivity (Wildman–Crippen MR) is 78.7 cm³/mol. The van der Waals surface area contributed by atoms with Gasteiger partial charge in [0.1, 0.15) is 0 Å². The van der Waals surface area contributed by atoms with Gasteiger partial charge in [-0.3, -0.25) is 20.2 Å². The maximum Gasteiger partial charge on any atom is 0.273 e. The first-order valence-corrected chi connectivity index (χ1v) is 6.76. The second-order valence-corrected chi connectivity index (χ2v) is 5.05. The first-order chi connectivity index (χ1) is 9.50. The number of nitro benzene ring substituents is 1. The Kier molecular flexibility index (Phi) is 4.29. The summed E-state index contributed by atoms with van der Waals surface area (Å²) in [6.45, 7) is 3.24. The van der Waals surface area contributed by atoms with Crippen LogP contribution in [0.2, 0.25) is 0 Å². The summed E-state index contributed by atoms with van der Waals surface area (Å²) in [6, 6.07) is 4.44. The highest BCUT2D eigenvalue weighted by Gasteiger charge is 2.21. The van der Waals surface area contributed by atoms with Crippen molar-refractivity contribution in [2.24, 2.45) is 0 Å². The van der Waals surface area contributed by atoms with Crippen LogP contribution in [0.3, 0.4) is 0 Å². The molecule has 0 aliphatic carbocycles. The average molecular weight is 293 g/mol. The van der Waals surface area contributed by atoms with Crippen LogP contribution < -0.4 is 5.32 Å². The van der Waals surface area contributed by atoms with Crippen LogP contribution in [0.5, 0.6) is 0 Å². The molecule has 0 aromatic heterocycles. The normalized spacial score (nSPS) is 14.2. The lowest BCUT2D eigenvalue weighted by Gasteiger charge is -2.19. The number of nitrogens with one attached hydrogen (secondary N) is 1. The second kappa shape index (κ2) is 5.96. The van der Waals surface area contributed by atoms with Crippen molar-refractivity contribution in [3.8, 4) is 0 Å². The monoisotopic (exact) mass is 293 g/mol. The molecule has 1 aliphatic rings. The molecule has 0 unspecified atom stereocenters. The lowest BCUT2D eigenvalue weighted by atomic mass is 10.1. The van der Waals surface area contributed by atoms with E-state index in [1.165, 1.54) is 12.1 Å². The van der Waals surface area contributed by atoms with Gasteiger partial charge in [0.2, 0.25) is 0 Å².